The molecule has 4 heteroatoms. The van der Waals surface area contributed by atoms with E-state index in [9.17, 15) is 4.79 Å². The van der Waals surface area contributed by atoms with Crippen LogP contribution in [0.3, 0.4) is 0 Å². The summed E-state index contributed by atoms with van der Waals surface area (Å²) < 4.78 is 4.97. The number of ether oxygens (including phenoxy) is 1. The van der Waals surface area contributed by atoms with Gasteiger partial charge in [-0.1, -0.05) is 0 Å². The summed E-state index contributed by atoms with van der Waals surface area (Å²) in [5, 5.41) is 2.62. The van der Waals surface area contributed by atoms with Crippen molar-refractivity contribution in [1.29, 1.82) is 0 Å². The van der Waals surface area contributed by atoms with E-state index in [0.29, 0.717) is 19.8 Å². The van der Waals surface area contributed by atoms with Crippen molar-refractivity contribution < 1.29 is 9.53 Å². The summed E-state index contributed by atoms with van der Waals surface area (Å²) in [5.41, 5.74) is 0. The van der Waals surface area contributed by atoms with Crippen LogP contribution in [0.15, 0.2) is 0 Å². The predicted molar refractivity (Wildman–Crippen MR) is 38.4 cm³/mol. The monoisotopic (exact) mass is 129 g/mol. The van der Waals surface area contributed by atoms with E-state index in [-0.39, 0.29) is 5.81 Å². The highest BCUT2D eigenvalue weighted by atomic mass is 16.5. The van der Waals surface area contributed by atoms with E-state index < -0.39 is 0 Å². The van der Waals surface area contributed by atoms with E-state index >= 15 is 0 Å². The number of carbonyl (C=O) groups excluding carboxylic acids is 1. The van der Waals surface area contributed by atoms with Gasteiger partial charge in [-0.05, 0) is 6.92 Å². The molecule has 0 heterocycles. The van der Waals surface area contributed by atoms with Gasteiger partial charge in [0, 0.05) is 13.2 Å². The van der Waals surface area contributed by atoms with Gasteiger partial charge in [0.15, 0.2) is 5.81 Å². The summed E-state index contributed by atoms with van der Waals surface area (Å²) in [4.78, 5) is 10.2. The van der Waals surface area contributed by atoms with Gasteiger partial charge in [0.05, 0.1) is 6.61 Å². The van der Waals surface area contributed by atoms with Crippen LogP contribution in [0.2, 0.25) is 0 Å². The van der Waals surface area contributed by atoms with E-state index in [4.69, 9.17) is 4.74 Å². The molecule has 0 spiro atoms. The van der Waals surface area contributed by atoms with Crippen LogP contribution in [0.5, 0.6) is 0 Å². The zero-order valence-electron chi connectivity index (χ0n) is 5.94. The Balaban J connectivity index is 2.83. The minimum absolute atomic E-state index is 0.00490. The molecule has 3 nitrogen and oxygen atoms in total. The smallest absolute Gasteiger partial charge is 0.215 e. The number of rotatable bonds is 4. The van der Waals surface area contributed by atoms with E-state index in [1.54, 1.807) is 0 Å². The average Bonchev–Trinajstić information content (AvgIpc) is 1.80. The Morgan fingerprint density at radius 2 is 2.44 bits per heavy atom. The average molecular weight is 129 g/mol. The molecule has 0 aliphatic heterocycles. The number of amides is 1. The van der Waals surface area contributed by atoms with Gasteiger partial charge < -0.3 is 10.1 Å². The molecule has 0 saturated heterocycles. The largest absolute Gasteiger partial charge is 0.380 e. The molecule has 0 atom stereocenters. The highest BCUT2D eigenvalue weighted by molar-refractivity contribution is 6.57. The van der Waals surface area contributed by atoms with Gasteiger partial charge in [0.2, 0.25) is 7.85 Å². The van der Waals surface area contributed by atoms with Crippen molar-refractivity contribution in [3.8, 4) is 0 Å². The quantitative estimate of drug-likeness (QED) is 0.405. The van der Waals surface area contributed by atoms with Crippen LogP contribution in [-0.2, 0) is 4.74 Å². The highest BCUT2D eigenvalue weighted by Crippen LogP contribution is 1.69. The molecule has 1 amide bonds. The molecule has 0 saturated carbocycles. The van der Waals surface area contributed by atoms with E-state index in [2.05, 4.69) is 5.32 Å². The second-order valence-corrected chi connectivity index (χ2v) is 1.68. The fourth-order valence-corrected chi connectivity index (χ4v) is 0.444. The molecule has 1 N–H and O–H groups in total. The molecule has 0 aliphatic rings. The fraction of sp³-hybridized carbons (Fsp3) is 0.800. The van der Waals surface area contributed by atoms with Crippen LogP contribution in [0.25, 0.3) is 0 Å². The Morgan fingerprint density at radius 1 is 1.78 bits per heavy atom. The number of nitrogens with one attached hydrogen (secondary N) is 1. The van der Waals surface area contributed by atoms with Crippen LogP contribution in [0, 0.1) is 0 Å². The number of carbonyl (C=O) groups is 1. The van der Waals surface area contributed by atoms with Crippen LogP contribution < -0.4 is 5.32 Å². The lowest BCUT2D eigenvalue weighted by Gasteiger charge is -2.00. The first-order chi connectivity index (χ1) is 4.27. The van der Waals surface area contributed by atoms with Crippen molar-refractivity contribution >= 4 is 13.7 Å². The third kappa shape index (κ3) is 7.49. The lowest BCUT2D eigenvalue weighted by molar-refractivity contribution is 0.150. The molecule has 0 aliphatic carbocycles. The van der Waals surface area contributed by atoms with Gasteiger partial charge in [-0.25, -0.2) is 0 Å². The van der Waals surface area contributed by atoms with Crippen molar-refractivity contribution in [1.82, 2.24) is 5.32 Å². The van der Waals surface area contributed by atoms with Gasteiger partial charge in [0.25, 0.3) is 0 Å². The number of hydrogen-bond acceptors (Lipinski definition) is 2. The first-order valence-corrected chi connectivity index (χ1v) is 3.09. The van der Waals surface area contributed by atoms with Crippen molar-refractivity contribution in [2.24, 2.45) is 0 Å². The normalized spacial score (nSPS) is 9.00. The Morgan fingerprint density at radius 3 is 2.89 bits per heavy atom. The van der Waals surface area contributed by atoms with Gasteiger partial charge >= 0.3 is 0 Å². The molecule has 9 heavy (non-hydrogen) atoms. The SMILES string of the molecule is BC(=O)NCCOCC. The van der Waals surface area contributed by atoms with E-state index in [1.807, 2.05) is 6.92 Å². The summed E-state index contributed by atoms with van der Waals surface area (Å²) >= 11 is 0. The maximum atomic E-state index is 10.2. The highest BCUT2D eigenvalue weighted by Gasteiger charge is 1.87. The van der Waals surface area contributed by atoms with Gasteiger partial charge in [-0.15, -0.1) is 0 Å². The van der Waals surface area contributed by atoms with Crippen molar-refractivity contribution in [2.75, 3.05) is 19.8 Å². The predicted octanol–water partition coefficient (Wildman–Crippen LogP) is -0.634. The zero-order valence-corrected chi connectivity index (χ0v) is 5.94. The van der Waals surface area contributed by atoms with Crippen molar-refractivity contribution in [3.05, 3.63) is 0 Å². The summed E-state index contributed by atoms with van der Waals surface area (Å²) in [5.74, 6) is -0.00490. The zero-order chi connectivity index (χ0) is 7.11. The van der Waals surface area contributed by atoms with Crippen LogP contribution in [0.1, 0.15) is 6.92 Å². The fourth-order valence-electron chi connectivity index (χ4n) is 0.444. The molecule has 0 aromatic rings. The molecule has 52 valence electrons. The van der Waals surface area contributed by atoms with Gasteiger partial charge in [-0.2, -0.15) is 0 Å². The first-order valence-electron chi connectivity index (χ1n) is 3.09. The Hall–Kier alpha value is -0.505. The van der Waals surface area contributed by atoms with Crippen molar-refractivity contribution in [2.45, 2.75) is 6.92 Å². The van der Waals surface area contributed by atoms with E-state index in [1.165, 1.54) is 7.85 Å². The lowest BCUT2D eigenvalue weighted by Crippen LogP contribution is -2.25. The summed E-state index contributed by atoms with van der Waals surface area (Å²) in [7, 11) is 1.49. The molecule has 0 aromatic heterocycles. The maximum Gasteiger partial charge on any atom is 0.215 e. The topological polar surface area (TPSA) is 38.3 Å². The summed E-state index contributed by atoms with van der Waals surface area (Å²) in [6.07, 6.45) is 0. The summed E-state index contributed by atoms with van der Waals surface area (Å²) in [6.45, 7) is 3.85. The Kier molecular flexibility index (Phi) is 5.31. The molecule has 0 unspecified atom stereocenters. The molecule has 0 radical (unpaired) electrons. The molecule has 0 aromatic carbocycles. The Bertz CT molecular complexity index is 87.0. The van der Waals surface area contributed by atoms with E-state index in [0.717, 1.165) is 0 Å². The molecular formula is C5H12BNO2. The molecule has 0 bridgehead atoms. The Labute approximate surface area is 56.2 Å². The van der Waals surface area contributed by atoms with Crippen LogP contribution >= 0.6 is 0 Å². The second-order valence-electron chi connectivity index (χ2n) is 1.68. The van der Waals surface area contributed by atoms with Gasteiger partial charge in [0.1, 0.15) is 0 Å². The lowest BCUT2D eigenvalue weighted by atomic mass is 10.1. The van der Waals surface area contributed by atoms with Crippen LogP contribution in [0.4, 0.5) is 4.79 Å². The number of hydrogen-bond donors (Lipinski definition) is 1. The van der Waals surface area contributed by atoms with Crippen LogP contribution in [-0.4, -0.2) is 33.4 Å². The maximum absolute atomic E-state index is 10.2. The third-order valence-electron chi connectivity index (χ3n) is 0.824. The van der Waals surface area contributed by atoms with Gasteiger partial charge in [-0.3, -0.25) is 4.79 Å². The minimum atomic E-state index is -0.00490. The molecule has 0 fully saturated rings. The molecule has 0 rings (SSSR count). The second kappa shape index (κ2) is 5.63. The summed E-state index contributed by atoms with van der Waals surface area (Å²) in [6, 6.07) is 0. The van der Waals surface area contributed by atoms with Crippen molar-refractivity contribution in [3.63, 3.8) is 0 Å². The minimum Gasteiger partial charge on any atom is -0.380 e. The first kappa shape index (κ1) is 8.49. The molecular weight excluding hydrogens is 117 g/mol. The third-order valence-corrected chi connectivity index (χ3v) is 0.824. The standard InChI is InChI=1S/C5H12BNO2/c1-2-9-4-3-7-5(6)8/h2-4,6H2,1H3,(H,7,8).